The second kappa shape index (κ2) is 8.49. The van der Waals surface area contributed by atoms with Gasteiger partial charge in [0.25, 0.3) is 10.1 Å². The molecule has 0 saturated carbocycles. The third-order valence-corrected chi connectivity index (χ3v) is 3.89. The maximum atomic E-state index is 10.5. The molecule has 8 nitrogen and oxygen atoms in total. The van der Waals surface area contributed by atoms with Crippen molar-refractivity contribution in [2.75, 3.05) is 0 Å². The van der Waals surface area contributed by atoms with Crippen LogP contribution in [0.25, 0.3) is 0 Å². The first kappa shape index (κ1) is 21.7. The first-order chi connectivity index (χ1) is 10.00. The van der Waals surface area contributed by atoms with Crippen molar-refractivity contribution < 1.29 is 36.2 Å². The Morgan fingerprint density at radius 3 is 1.74 bits per heavy atom. The summed E-state index contributed by atoms with van der Waals surface area (Å²) in [7, 11) is -8.66. The van der Waals surface area contributed by atoms with E-state index in [1.165, 1.54) is 30.3 Å². The molecule has 2 rings (SSSR count). The Hall–Kier alpha value is -1.34. The Morgan fingerprint density at radius 1 is 0.870 bits per heavy atom. The molecule has 2 N–H and O–H groups in total. The summed E-state index contributed by atoms with van der Waals surface area (Å²) in [4.78, 5) is -0.789. The van der Waals surface area contributed by atoms with Crippen LogP contribution in [0.1, 0.15) is 0 Å². The van der Waals surface area contributed by atoms with Crippen molar-refractivity contribution in [3.63, 3.8) is 0 Å². The van der Waals surface area contributed by atoms with Crippen LogP contribution in [0.5, 0.6) is 11.5 Å². The summed E-state index contributed by atoms with van der Waals surface area (Å²) in [5, 5.41) is 19.3. The molecule has 0 aliphatic carbocycles. The molecule has 11 heteroatoms. The number of rotatable bonds is 2. The van der Waals surface area contributed by atoms with Gasteiger partial charge >= 0.3 is 23.9 Å². The molecule has 0 heterocycles. The van der Waals surface area contributed by atoms with E-state index in [1.807, 2.05) is 0 Å². The van der Waals surface area contributed by atoms with E-state index in [4.69, 9.17) is 9.66 Å². The number of phenols is 1. The minimum atomic E-state index is -4.48. The standard InChI is InChI=1S/2C6H6O4S.Sn/c2*7-5-2-1-3-6(4-5)11(8,9)10;/h2*1-4,7H,(H,8,9,10);/q;;+2/p-2. The summed E-state index contributed by atoms with van der Waals surface area (Å²) in [5.74, 6) is -0.679. The molecule has 0 saturated heterocycles. The van der Waals surface area contributed by atoms with E-state index in [2.05, 4.69) is 0 Å². The number of hydrogen-bond donors (Lipinski definition) is 2. The minimum Gasteiger partial charge on any atom is -0.872 e. The number of phenolic OH excluding ortho intramolecular Hbond substituents is 1. The van der Waals surface area contributed by atoms with Crippen LogP contribution in [-0.4, -0.2) is 55.0 Å². The maximum absolute atomic E-state index is 10.5. The molecule has 0 fully saturated rings. The van der Waals surface area contributed by atoms with Crippen molar-refractivity contribution in [1.82, 2.24) is 0 Å². The van der Waals surface area contributed by atoms with Crippen LogP contribution >= 0.6 is 0 Å². The van der Waals surface area contributed by atoms with Gasteiger partial charge in [0.2, 0.25) is 0 Å². The van der Waals surface area contributed by atoms with Gasteiger partial charge in [0.05, 0.1) is 9.79 Å². The quantitative estimate of drug-likeness (QED) is 0.461. The van der Waals surface area contributed by atoms with Gasteiger partial charge in [-0.25, -0.2) is 8.42 Å². The molecule has 2 aromatic rings. The summed E-state index contributed by atoms with van der Waals surface area (Å²) < 4.78 is 60.2. The molecule has 0 amide bonds. The zero-order valence-electron chi connectivity index (χ0n) is 11.3. The van der Waals surface area contributed by atoms with Crippen LogP contribution < -0.4 is 5.11 Å². The fourth-order valence-electron chi connectivity index (χ4n) is 1.27. The number of aromatic hydroxyl groups is 1. The van der Waals surface area contributed by atoms with Crippen molar-refractivity contribution >= 4 is 44.1 Å². The van der Waals surface area contributed by atoms with Crippen molar-refractivity contribution in [2.24, 2.45) is 0 Å². The maximum Gasteiger partial charge on any atom is 2.00 e. The monoisotopic (exact) mass is 466 g/mol. The smallest absolute Gasteiger partial charge is 0.872 e. The number of benzene rings is 2. The molecule has 0 bridgehead atoms. The second-order valence-corrected chi connectivity index (χ2v) is 6.70. The first-order valence-corrected chi connectivity index (χ1v) is 8.34. The van der Waals surface area contributed by atoms with Crippen LogP contribution in [0.3, 0.4) is 0 Å². The molecule has 122 valence electrons. The molecule has 0 aliphatic rings. The van der Waals surface area contributed by atoms with Crippen LogP contribution in [0.2, 0.25) is 0 Å². The summed E-state index contributed by atoms with van der Waals surface area (Å²) in [5.41, 5.74) is 0. The van der Waals surface area contributed by atoms with E-state index in [-0.39, 0.29) is 34.6 Å². The van der Waals surface area contributed by atoms with E-state index >= 15 is 0 Å². The molecule has 23 heavy (non-hydrogen) atoms. The molecule has 2 radical (unpaired) electrons. The number of hydrogen-bond acceptors (Lipinski definition) is 7. The fraction of sp³-hybridized carbons (Fsp3) is 0. The normalized spacial score (nSPS) is 10.9. The van der Waals surface area contributed by atoms with Crippen LogP contribution in [-0.2, 0) is 20.2 Å². The molecule has 0 atom stereocenters. The van der Waals surface area contributed by atoms with E-state index in [0.717, 1.165) is 18.2 Å². The third kappa shape index (κ3) is 7.65. The molecule has 0 unspecified atom stereocenters. The summed E-state index contributed by atoms with van der Waals surface area (Å²) in [6, 6.07) is 9.09. The Kier molecular flexibility index (Phi) is 8.00. The van der Waals surface area contributed by atoms with E-state index < -0.39 is 30.9 Å². The van der Waals surface area contributed by atoms with Gasteiger partial charge in [-0.2, -0.15) is 8.42 Å². The van der Waals surface area contributed by atoms with Crippen LogP contribution in [0.4, 0.5) is 0 Å². The summed E-state index contributed by atoms with van der Waals surface area (Å²) >= 11 is 0. The van der Waals surface area contributed by atoms with Crippen molar-refractivity contribution in [3.05, 3.63) is 48.5 Å². The topological polar surface area (TPSA) is 155 Å². The molecule has 0 spiro atoms. The average molecular weight is 465 g/mol. The van der Waals surface area contributed by atoms with Gasteiger partial charge in [-0.15, -0.1) is 5.75 Å². The molecule has 2 aromatic carbocycles. The molecule has 0 aromatic heterocycles. The summed E-state index contributed by atoms with van der Waals surface area (Å²) in [6.45, 7) is 0. The Bertz CT molecular complexity index is 789. The molecular weight excluding hydrogens is 455 g/mol. The van der Waals surface area contributed by atoms with Crippen molar-refractivity contribution in [2.45, 2.75) is 9.79 Å². The molecule has 0 aliphatic heterocycles. The zero-order chi connectivity index (χ0) is 17.0. The first-order valence-electron chi connectivity index (χ1n) is 5.49. The largest absolute Gasteiger partial charge is 2.00 e. The summed E-state index contributed by atoms with van der Waals surface area (Å²) in [6.07, 6.45) is 0. The van der Waals surface area contributed by atoms with Gasteiger partial charge in [-0.1, -0.05) is 24.3 Å². The minimum absolute atomic E-state index is 0. The fourth-order valence-corrected chi connectivity index (χ4v) is 2.30. The van der Waals surface area contributed by atoms with E-state index in [1.54, 1.807) is 0 Å². The van der Waals surface area contributed by atoms with Gasteiger partial charge in [0, 0.05) is 6.07 Å². The van der Waals surface area contributed by atoms with Gasteiger partial charge in [0.1, 0.15) is 15.9 Å². The van der Waals surface area contributed by atoms with Gasteiger partial charge in [0.15, 0.2) is 0 Å². The van der Waals surface area contributed by atoms with Gasteiger partial charge in [-0.05, 0) is 18.2 Å². The Morgan fingerprint density at radius 2 is 1.39 bits per heavy atom. The van der Waals surface area contributed by atoms with Gasteiger partial charge < -0.3 is 14.8 Å². The second-order valence-electron chi connectivity index (χ2n) is 3.90. The van der Waals surface area contributed by atoms with Crippen LogP contribution in [0.15, 0.2) is 58.3 Å². The Labute approximate surface area is 149 Å². The predicted molar refractivity (Wildman–Crippen MR) is 77.5 cm³/mol. The molecular formula is C12H10O8S2Sn. The average Bonchev–Trinajstić information content (AvgIpc) is 2.37. The van der Waals surface area contributed by atoms with Crippen LogP contribution in [0, 0.1) is 0 Å². The third-order valence-electron chi connectivity index (χ3n) is 2.21. The van der Waals surface area contributed by atoms with E-state index in [9.17, 15) is 26.5 Å². The van der Waals surface area contributed by atoms with Gasteiger partial charge in [-0.3, -0.25) is 4.55 Å². The predicted octanol–water partition coefficient (Wildman–Crippen LogP) is -0.0776. The van der Waals surface area contributed by atoms with Crippen molar-refractivity contribution in [3.8, 4) is 11.5 Å². The SMILES string of the molecule is O=S(=O)(O)c1cccc(O)c1.O=S(=O)([O-])c1cccc([O-])c1.[Sn+2]. The van der Waals surface area contributed by atoms with E-state index in [0.29, 0.717) is 0 Å². The Balaban J connectivity index is 0.000000403. The van der Waals surface area contributed by atoms with Crippen molar-refractivity contribution in [1.29, 1.82) is 0 Å². The zero-order valence-corrected chi connectivity index (χ0v) is 15.8.